The van der Waals surface area contributed by atoms with Crippen LogP contribution in [0.1, 0.15) is 0 Å². The smallest absolute Gasteiger partial charge is 0.744 e. The van der Waals surface area contributed by atoms with Gasteiger partial charge in [-0.05, 0) is 72.8 Å². The summed E-state index contributed by atoms with van der Waals surface area (Å²) in [5.41, 5.74) is 14.5. The predicted molar refractivity (Wildman–Crippen MR) is 185 cm³/mol. The largest absolute Gasteiger partial charge is 1.00 e. The minimum absolute atomic E-state index is 0. The van der Waals surface area contributed by atoms with Gasteiger partial charge < -0.3 is 20.6 Å². The summed E-state index contributed by atoms with van der Waals surface area (Å²) in [6, 6.07) is 17.5. The van der Waals surface area contributed by atoms with Crippen molar-refractivity contribution < 1.29 is 90.0 Å². The van der Waals surface area contributed by atoms with Gasteiger partial charge in [-0.25, -0.2) is 16.8 Å². The number of nitro groups is 1. The molecular formula is C30H21N11Na2O10S2. The molecule has 21 nitrogen and oxygen atoms in total. The van der Waals surface area contributed by atoms with E-state index >= 15 is 0 Å². The molecule has 0 bridgehead atoms. The molecule has 270 valence electrons. The number of nitrogens with zero attached hydrogens (tertiary/aromatic N) is 7. The van der Waals surface area contributed by atoms with Crippen molar-refractivity contribution in [2.24, 2.45) is 30.7 Å². The fraction of sp³-hybridized carbons (Fsp3) is 0. The second-order valence-corrected chi connectivity index (χ2v) is 13.2. The first-order valence-corrected chi connectivity index (χ1v) is 17.2. The number of nitrogen functional groups attached to an aromatic ring is 2. The van der Waals surface area contributed by atoms with Gasteiger partial charge >= 0.3 is 59.1 Å². The van der Waals surface area contributed by atoms with Gasteiger partial charge in [-0.3, -0.25) is 30.6 Å². The number of hydrogen-bond donors (Lipinski definition) is 4. The molecule has 25 heteroatoms. The Morgan fingerprint density at radius 3 is 1.85 bits per heavy atom. The standard InChI is InChI=1S/C30H23N11O10S2.2Na/c31-21-14-22(32)25(15-24(21)37-34-17-2-1-3-20(12-17)52(46,47)48)38-35-18-6-11-28(53(49,50)51)26(13-18)39-40-29-27(42)10-9-23(30(29)43)36-33-16-4-7-19(8-5-16)41(44)45;;/h1-15,33,39H,31-32H2,(H,46,47,48)(H,49,50,51);;/q;2*+1/p-2/b36-23+,37-34?,38-35?,40-29-;;. The van der Waals surface area contributed by atoms with Crippen LogP contribution in [0.5, 0.6) is 0 Å². The molecule has 0 spiro atoms. The van der Waals surface area contributed by atoms with Gasteiger partial charge in [-0.2, -0.15) is 20.4 Å². The van der Waals surface area contributed by atoms with Crippen LogP contribution < -0.4 is 103 Å². The molecule has 0 fully saturated rings. The van der Waals surface area contributed by atoms with E-state index in [2.05, 4.69) is 41.5 Å². The van der Waals surface area contributed by atoms with Crippen LogP contribution in [0.25, 0.3) is 0 Å². The van der Waals surface area contributed by atoms with Crippen LogP contribution in [0, 0.1) is 10.1 Å². The van der Waals surface area contributed by atoms with Crippen molar-refractivity contribution in [3.8, 4) is 0 Å². The van der Waals surface area contributed by atoms with Gasteiger partial charge in [0.05, 0.1) is 48.8 Å². The van der Waals surface area contributed by atoms with E-state index in [4.69, 9.17) is 11.5 Å². The van der Waals surface area contributed by atoms with Crippen LogP contribution >= 0.6 is 0 Å². The number of nitrogens with one attached hydrogen (secondary N) is 2. The minimum Gasteiger partial charge on any atom is -0.744 e. The summed E-state index contributed by atoms with van der Waals surface area (Å²) in [6.45, 7) is 0. The van der Waals surface area contributed by atoms with E-state index in [-0.39, 0.29) is 110 Å². The van der Waals surface area contributed by atoms with Gasteiger partial charge in [0.2, 0.25) is 10.9 Å². The zero-order chi connectivity index (χ0) is 38.5. The minimum atomic E-state index is -5.13. The molecule has 0 aliphatic carbocycles. The number of nitrogens with two attached hydrogens (primary N) is 2. The Hall–Kier alpha value is -5.08. The molecule has 0 aliphatic rings. The van der Waals surface area contributed by atoms with Gasteiger partial charge in [0, 0.05) is 12.1 Å². The van der Waals surface area contributed by atoms with Crippen LogP contribution in [0.3, 0.4) is 0 Å². The van der Waals surface area contributed by atoms with Crippen molar-refractivity contribution in [2.45, 2.75) is 9.79 Å². The summed E-state index contributed by atoms with van der Waals surface area (Å²) in [7, 11) is -9.88. The number of nitro benzene ring substituents is 1. The number of non-ortho nitro benzene ring substituents is 1. The normalized spacial score (nSPS) is 12.3. The van der Waals surface area contributed by atoms with E-state index in [9.17, 15) is 45.6 Å². The maximum atomic E-state index is 13.0. The topological polar surface area (TPSA) is 342 Å². The van der Waals surface area contributed by atoms with E-state index in [1.807, 2.05) is 0 Å². The predicted octanol–water partition coefficient (Wildman–Crippen LogP) is -3.14. The van der Waals surface area contributed by atoms with Crippen molar-refractivity contribution in [3.63, 3.8) is 0 Å². The second kappa shape index (κ2) is 18.5. The van der Waals surface area contributed by atoms with Crippen LogP contribution in [0.4, 0.5) is 51.2 Å². The summed E-state index contributed by atoms with van der Waals surface area (Å²) in [5, 5.41) is 33.3. The fourth-order valence-electron chi connectivity index (χ4n) is 4.23. The summed E-state index contributed by atoms with van der Waals surface area (Å²) >= 11 is 0. The molecule has 6 N–H and O–H groups in total. The van der Waals surface area contributed by atoms with E-state index in [0.29, 0.717) is 0 Å². The third-order valence-electron chi connectivity index (χ3n) is 6.81. The van der Waals surface area contributed by atoms with Crippen molar-refractivity contribution in [1.29, 1.82) is 0 Å². The Morgan fingerprint density at radius 2 is 1.27 bits per heavy atom. The van der Waals surface area contributed by atoms with Crippen LogP contribution in [-0.2, 0) is 20.2 Å². The number of benzene rings is 5. The molecule has 0 heterocycles. The first kappa shape index (κ1) is 44.3. The Labute approximate surface area is 353 Å². The van der Waals surface area contributed by atoms with Gasteiger partial charge in [-0.15, -0.1) is 10.2 Å². The molecule has 5 rings (SSSR count). The van der Waals surface area contributed by atoms with E-state index < -0.39 is 56.9 Å². The molecule has 0 atom stereocenters. The Bertz CT molecular complexity index is 2800. The molecule has 0 radical (unpaired) electrons. The monoisotopic (exact) mass is 805 g/mol. The molecule has 0 amide bonds. The van der Waals surface area contributed by atoms with Crippen LogP contribution in [-0.4, -0.2) is 30.9 Å². The Morgan fingerprint density at radius 1 is 0.655 bits per heavy atom. The van der Waals surface area contributed by atoms with Gasteiger partial charge in [-0.1, -0.05) is 6.07 Å². The van der Waals surface area contributed by atoms with Crippen molar-refractivity contribution in [3.05, 3.63) is 132 Å². The quantitative estimate of drug-likeness (QED) is 0.0256. The third-order valence-corrected chi connectivity index (χ3v) is 8.53. The summed E-state index contributed by atoms with van der Waals surface area (Å²) < 4.78 is 69.9. The average molecular weight is 806 g/mol. The Kier molecular flexibility index (Phi) is 14.9. The van der Waals surface area contributed by atoms with E-state index in [1.165, 1.54) is 48.5 Å². The number of hydrogen-bond acceptors (Lipinski definition) is 20. The Balaban J connectivity index is 0.00000406. The van der Waals surface area contributed by atoms with Gasteiger partial charge in [0.25, 0.3) is 5.69 Å². The summed E-state index contributed by atoms with van der Waals surface area (Å²) in [6.07, 6.45) is 0. The first-order chi connectivity index (χ1) is 25.0. The fourth-order valence-corrected chi connectivity index (χ4v) is 5.35. The molecule has 0 saturated heterocycles. The van der Waals surface area contributed by atoms with E-state index in [0.717, 1.165) is 42.5 Å². The van der Waals surface area contributed by atoms with Gasteiger partial charge in [0.15, 0.2) is 5.36 Å². The number of rotatable bonds is 11. The molecule has 0 aromatic heterocycles. The maximum absolute atomic E-state index is 13.0. The zero-order valence-corrected chi connectivity index (χ0v) is 34.0. The summed E-state index contributed by atoms with van der Waals surface area (Å²) in [4.78, 5) is 34.4. The SMILES string of the molecule is Nc1cc(N)c(N=Nc2ccc(S(=O)(=O)[O-])c(N/N=c3/c(=O)cc/c(=N\Nc4ccc([N+](=O)[O-])cc4)c3=O)c2)cc1N=Nc1cccc(S(=O)(=O)[O-])c1.[Na+].[Na+]. The van der Waals surface area contributed by atoms with Gasteiger partial charge in [0.1, 0.15) is 37.0 Å². The van der Waals surface area contributed by atoms with E-state index in [1.54, 1.807) is 0 Å². The average Bonchev–Trinajstić information content (AvgIpc) is 3.10. The van der Waals surface area contributed by atoms with Crippen molar-refractivity contribution in [1.82, 2.24) is 0 Å². The maximum Gasteiger partial charge on any atom is 1.00 e. The summed E-state index contributed by atoms with van der Waals surface area (Å²) in [5.74, 6) is 0. The van der Waals surface area contributed by atoms with Crippen molar-refractivity contribution >= 4 is 71.4 Å². The molecule has 0 unspecified atom stereocenters. The van der Waals surface area contributed by atoms with Crippen molar-refractivity contribution in [2.75, 3.05) is 22.3 Å². The molecule has 5 aromatic carbocycles. The molecule has 0 aliphatic heterocycles. The number of azo groups is 2. The van der Waals surface area contributed by atoms with Crippen LogP contribution in [0.15, 0.2) is 141 Å². The molecule has 55 heavy (non-hydrogen) atoms. The molecule has 5 aromatic rings. The third kappa shape index (κ3) is 11.5. The van der Waals surface area contributed by atoms with Crippen LogP contribution in [0.2, 0.25) is 0 Å². The molecular weight excluding hydrogens is 785 g/mol. The molecule has 0 saturated carbocycles. The number of anilines is 4. The second-order valence-electron chi connectivity index (χ2n) is 10.5. The zero-order valence-electron chi connectivity index (χ0n) is 28.3. The first-order valence-electron chi connectivity index (χ1n) is 14.4.